The van der Waals surface area contributed by atoms with Crippen LogP contribution in [0, 0.1) is 0 Å². The van der Waals surface area contributed by atoms with Crippen molar-refractivity contribution < 1.29 is 14.3 Å². The number of rotatable bonds is 2. The molecule has 0 fully saturated rings. The SMILES string of the molecule is Cn1cncc1-c1ocnc1C(=O)O. The minimum absolute atomic E-state index is 0.103. The Hall–Kier alpha value is -2.11. The lowest BCUT2D eigenvalue weighted by molar-refractivity contribution is 0.0691. The standard InChI is InChI=1S/C8H7N3O3/c1-11-3-9-2-5(11)7-6(8(12)13)10-4-14-7/h2-4H,1H3,(H,12,13). The van der Waals surface area contributed by atoms with E-state index >= 15 is 0 Å². The average Bonchev–Trinajstić information content (AvgIpc) is 2.70. The molecule has 72 valence electrons. The second-order valence-electron chi connectivity index (χ2n) is 2.73. The number of aromatic carboxylic acids is 1. The fourth-order valence-corrected chi connectivity index (χ4v) is 1.16. The molecule has 0 atom stereocenters. The molecule has 14 heavy (non-hydrogen) atoms. The number of hydrogen-bond donors (Lipinski definition) is 1. The van der Waals surface area contributed by atoms with Gasteiger partial charge in [0.25, 0.3) is 0 Å². The number of oxazole rings is 1. The van der Waals surface area contributed by atoms with Gasteiger partial charge in [-0.15, -0.1) is 0 Å². The molecule has 6 heteroatoms. The Morgan fingerprint density at radius 3 is 3.00 bits per heavy atom. The highest BCUT2D eigenvalue weighted by molar-refractivity contribution is 5.91. The Morgan fingerprint density at radius 1 is 1.64 bits per heavy atom. The number of aromatic nitrogens is 3. The first-order valence-corrected chi connectivity index (χ1v) is 3.83. The monoisotopic (exact) mass is 193 g/mol. The summed E-state index contributed by atoms with van der Waals surface area (Å²) in [7, 11) is 1.75. The van der Waals surface area contributed by atoms with Crippen LogP contribution in [0.15, 0.2) is 23.3 Å². The average molecular weight is 193 g/mol. The van der Waals surface area contributed by atoms with Gasteiger partial charge in [-0.05, 0) is 0 Å². The van der Waals surface area contributed by atoms with Crippen molar-refractivity contribution in [3.8, 4) is 11.5 Å². The molecule has 0 radical (unpaired) electrons. The number of carboxylic acids is 1. The van der Waals surface area contributed by atoms with Crippen molar-refractivity contribution in [2.45, 2.75) is 0 Å². The molecule has 0 aliphatic rings. The zero-order valence-electron chi connectivity index (χ0n) is 7.34. The van der Waals surface area contributed by atoms with Crippen LogP contribution in [0.4, 0.5) is 0 Å². The van der Waals surface area contributed by atoms with Crippen molar-refractivity contribution in [3.63, 3.8) is 0 Å². The summed E-state index contributed by atoms with van der Waals surface area (Å²) in [4.78, 5) is 18.2. The van der Waals surface area contributed by atoms with Crippen LogP contribution in [0.1, 0.15) is 10.5 Å². The van der Waals surface area contributed by atoms with Gasteiger partial charge in [0.2, 0.25) is 0 Å². The van der Waals surface area contributed by atoms with Crippen LogP contribution in [0.25, 0.3) is 11.5 Å². The van der Waals surface area contributed by atoms with E-state index in [1.165, 1.54) is 6.20 Å². The summed E-state index contributed by atoms with van der Waals surface area (Å²) in [6, 6.07) is 0. The molecule has 1 N–H and O–H groups in total. The molecular formula is C8H7N3O3. The van der Waals surface area contributed by atoms with E-state index in [1.807, 2.05) is 0 Å². The maximum absolute atomic E-state index is 10.7. The number of nitrogens with zero attached hydrogens (tertiary/aromatic N) is 3. The Labute approximate surface area is 78.8 Å². The van der Waals surface area contributed by atoms with Crippen LogP contribution < -0.4 is 0 Å². The molecule has 0 aromatic carbocycles. The van der Waals surface area contributed by atoms with Crippen molar-refractivity contribution in [2.24, 2.45) is 7.05 Å². The molecule has 6 nitrogen and oxygen atoms in total. The van der Waals surface area contributed by atoms with E-state index in [2.05, 4.69) is 9.97 Å². The molecule has 2 rings (SSSR count). The lowest BCUT2D eigenvalue weighted by Crippen LogP contribution is -2.00. The third-order valence-corrected chi connectivity index (χ3v) is 1.82. The van der Waals surface area contributed by atoms with Crippen LogP contribution in [0.5, 0.6) is 0 Å². The molecule has 0 saturated heterocycles. The zero-order chi connectivity index (χ0) is 10.1. The molecule has 2 aromatic heterocycles. The van der Waals surface area contributed by atoms with E-state index in [1.54, 1.807) is 17.9 Å². The van der Waals surface area contributed by atoms with Crippen LogP contribution in [-0.2, 0) is 7.05 Å². The topological polar surface area (TPSA) is 81.2 Å². The summed E-state index contributed by atoms with van der Waals surface area (Å²) in [6.07, 6.45) is 4.18. The summed E-state index contributed by atoms with van der Waals surface area (Å²) in [5.74, 6) is -0.896. The molecule has 0 unspecified atom stereocenters. The quantitative estimate of drug-likeness (QED) is 0.761. The highest BCUT2D eigenvalue weighted by atomic mass is 16.4. The molecule has 0 saturated carbocycles. The lowest BCUT2D eigenvalue weighted by atomic mass is 10.3. The molecule has 0 aliphatic carbocycles. The van der Waals surface area contributed by atoms with Crippen molar-refractivity contribution in [2.75, 3.05) is 0 Å². The second kappa shape index (κ2) is 2.99. The number of imidazole rings is 1. The van der Waals surface area contributed by atoms with Gasteiger partial charge in [0.15, 0.2) is 17.8 Å². The van der Waals surface area contributed by atoms with Gasteiger partial charge in [-0.2, -0.15) is 0 Å². The Kier molecular flexibility index (Phi) is 1.81. The minimum Gasteiger partial charge on any atom is -0.476 e. The molecular weight excluding hydrogens is 186 g/mol. The van der Waals surface area contributed by atoms with E-state index in [-0.39, 0.29) is 11.5 Å². The van der Waals surface area contributed by atoms with E-state index < -0.39 is 5.97 Å². The molecule has 0 aliphatic heterocycles. The molecule has 0 amide bonds. The van der Waals surface area contributed by atoms with Crippen LogP contribution >= 0.6 is 0 Å². The van der Waals surface area contributed by atoms with Crippen LogP contribution in [-0.4, -0.2) is 25.6 Å². The fourth-order valence-electron chi connectivity index (χ4n) is 1.16. The van der Waals surface area contributed by atoms with E-state index in [9.17, 15) is 4.79 Å². The molecule has 0 bridgehead atoms. The Bertz CT molecular complexity index is 472. The van der Waals surface area contributed by atoms with Gasteiger partial charge in [-0.1, -0.05) is 0 Å². The largest absolute Gasteiger partial charge is 0.476 e. The van der Waals surface area contributed by atoms with E-state index in [4.69, 9.17) is 9.52 Å². The van der Waals surface area contributed by atoms with Crippen molar-refractivity contribution in [1.29, 1.82) is 0 Å². The normalized spacial score (nSPS) is 10.4. The molecule has 0 spiro atoms. The number of hydrogen-bond acceptors (Lipinski definition) is 4. The smallest absolute Gasteiger partial charge is 0.358 e. The first-order chi connectivity index (χ1) is 6.70. The third kappa shape index (κ3) is 1.17. The summed E-state index contributed by atoms with van der Waals surface area (Å²) >= 11 is 0. The summed E-state index contributed by atoms with van der Waals surface area (Å²) in [5.41, 5.74) is 0.480. The predicted molar refractivity (Wildman–Crippen MR) is 45.7 cm³/mol. The summed E-state index contributed by atoms with van der Waals surface area (Å²) in [6.45, 7) is 0. The van der Waals surface area contributed by atoms with Crippen molar-refractivity contribution in [3.05, 3.63) is 24.6 Å². The maximum atomic E-state index is 10.7. The first-order valence-electron chi connectivity index (χ1n) is 3.83. The van der Waals surface area contributed by atoms with Crippen molar-refractivity contribution in [1.82, 2.24) is 14.5 Å². The second-order valence-corrected chi connectivity index (χ2v) is 2.73. The van der Waals surface area contributed by atoms with Gasteiger partial charge >= 0.3 is 5.97 Å². The van der Waals surface area contributed by atoms with Gasteiger partial charge in [0.1, 0.15) is 5.69 Å². The van der Waals surface area contributed by atoms with Gasteiger partial charge in [0, 0.05) is 7.05 Å². The number of carboxylic acid groups (broad SMARTS) is 1. The van der Waals surface area contributed by atoms with Crippen LogP contribution in [0.3, 0.4) is 0 Å². The highest BCUT2D eigenvalue weighted by Crippen LogP contribution is 2.21. The van der Waals surface area contributed by atoms with Gasteiger partial charge < -0.3 is 14.1 Å². The van der Waals surface area contributed by atoms with E-state index in [0.29, 0.717) is 5.69 Å². The summed E-state index contributed by atoms with van der Waals surface area (Å²) < 4.78 is 6.66. The Balaban J connectivity index is 2.57. The summed E-state index contributed by atoms with van der Waals surface area (Å²) in [5, 5.41) is 8.79. The lowest BCUT2D eigenvalue weighted by Gasteiger charge is -1.97. The number of aryl methyl sites for hydroxylation is 1. The minimum atomic E-state index is -1.12. The third-order valence-electron chi connectivity index (χ3n) is 1.82. The van der Waals surface area contributed by atoms with Gasteiger partial charge in [-0.3, -0.25) is 0 Å². The first kappa shape index (κ1) is 8.49. The Morgan fingerprint density at radius 2 is 2.43 bits per heavy atom. The predicted octanol–water partition coefficient (Wildman–Crippen LogP) is 0.773. The zero-order valence-corrected chi connectivity index (χ0v) is 7.34. The highest BCUT2D eigenvalue weighted by Gasteiger charge is 2.19. The van der Waals surface area contributed by atoms with Gasteiger partial charge in [0.05, 0.1) is 12.5 Å². The molecule has 2 aromatic rings. The van der Waals surface area contributed by atoms with Crippen molar-refractivity contribution >= 4 is 5.97 Å². The van der Waals surface area contributed by atoms with Crippen LogP contribution in [0.2, 0.25) is 0 Å². The maximum Gasteiger partial charge on any atom is 0.358 e. The van der Waals surface area contributed by atoms with E-state index in [0.717, 1.165) is 6.39 Å². The molecule has 2 heterocycles. The van der Waals surface area contributed by atoms with Gasteiger partial charge in [-0.25, -0.2) is 14.8 Å². The number of carbonyl (C=O) groups is 1. The fraction of sp³-hybridized carbons (Fsp3) is 0.125.